The van der Waals surface area contributed by atoms with E-state index in [1.54, 1.807) is 13.2 Å². The highest BCUT2D eigenvalue weighted by Crippen LogP contribution is 2.41. The molecule has 3 fully saturated rings. The van der Waals surface area contributed by atoms with Gasteiger partial charge in [-0.1, -0.05) is 18.2 Å². The van der Waals surface area contributed by atoms with E-state index in [1.165, 1.54) is 12.8 Å². The number of fused-ring (bicyclic) bond motifs is 5. The second-order valence-corrected chi connectivity index (χ2v) is 13.6. The zero-order valence-corrected chi connectivity index (χ0v) is 26.5. The van der Waals surface area contributed by atoms with Crippen LogP contribution in [0.5, 0.6) is 5.75 Å². The summed E-state index contributed by atoms with van der Waals surface area (Å²) in [7, 11) is 3.68. The lowest BCUT2D eigenvalue weighted by Crippen LogP contribution is -2.41. The third-order valence-electron chi connectivity index (χ3n) is 10.7. The van der Waals surface area contributed by atoms with Gasteiger partial charge < -0.3 is 24.5 Å². The molecule has 9 rings (SSSR count). The van der Waals surface area contributed by atoms with Gasteiger partial charge in [0.25, 0.3) is 5.91 Å². The molecule has 2 bridgehead atoms. The van der Waals surface area contributed by atoms with Gasteiger partial charge in [0.05, 0.1) is 23.8 Å². The summed E-state index contributed by atoms with van der Waals surface area (Å²) in [4.78, 5) is 25.3. The number of nitrogens with zero attached hydrogens (tertiary/aromatic N) is 6. The van der Waals surface area contributed by atoms with Crippen LogP contribution in [0.2, 0.25) is 0 Å². The highest BCUT2D eigenvalue weighted by atomic mass is 16.5. The Morgan fingerprint density at radius 2 is 1.77 bits per heavy atom. The topological polar surface area (TPSA) is 115 Å². The molecule has 2 saturated carbocycles. The Bertz CT molecular complexity index is 2310. The molecule has 234 valence electrons. The van der Waals surface area contributed by atoms with Crippen LogP contribution in [-0.2, 0) is 13.6 Å². The average Bonchev–Trinajstić information content (AvgIpc) is 3.50. The predicted molar refractivity (Wildman–Crippen MR) is 182 cm³/mol. The van der Waals surface area contributed by atoms with Crippen molar-refractivity contribution in [3.8, 4) is 34.5 Å². The maximum atomic E-state index is 13.8. The van der Waals surface area contributed by atoms with E-state index in [0.717, 1.165) is 81.4 Å². The number of carbonyl (C=O) groups is 1. The maximum Gasteiger partial charge on any atom is 0.254 e. The molecule has 9 heteroatoms. The molecule has 1 aliphatic heterocycles. The van der Waals surface area contributed by atoms with Crippen molar-refractivity contribution in [1.82, 2.24) is 24.0 Å². The molecule has 3 aliphatic rings. The molecule has 1 saturated heterocycles. The van der Waals surface area contributed by atoms with E-state index >= 15 is 0 Å². The monoisotopic (exact) mass is 621 g/mol. The lowest BCUT2D eigenvalue weighted by Gasteiger charge is -2.27. The number of ether oxygens (including phenoxy) is 1. The smallest absolute Gasteiger partial charge is 0.254 e. The summed E-state index contributed by atoms with van der Waals surface area (Å²) in [6.45, 7) is 1.64. The van der Waals surface area contributed by atoms with E-state index in [1.807, 2.05) is 36.2 Å². The van der Waals surface area contributed by atoms with Gasteiger partial charge in [0, 0.05) is 54.1 Å². The highest BCUT2D eigenvalue weighted by molar-refractivity contribution is 6.01. The summed E-state index contributed by atoms with van der Waals surface area (Å²) in [6.07, 6.45) is 4.52. The quantitative estimate of drug-likeness (QED) is 0.235. The lowest BCUT2D eigenvalue weighted by molar-refractivity contribution is 0.0700. The number of carbonyl (C=O) groups excluding carboxylic acids is 1. The fourth-order valence-electron chi connectivity index (χ4n) is 8.01. The molecule has 2 aliphatic carbocycles. The number of methoxy groups -OCH3 is 1. The van der Waals surface area contributed by atoms with Crippen molar-refractivity contribution in [3.05, 3.63) is 78.0 Å². The zero-order valence-electron chi connectivity index (χ0n) is 26.5. The van der Waals surface area contributed by atoms with Crippen molar-refractivity contribution in [3.63, 3.8) is 0 Å². The molecule has 0 radical (unpaired) electrons. The summed E-state index contributed by atoms with van der Waals surface area (Å²) >= 11 is 0. The molecule has 9 nitrogen and oxygen atoms in total. The van der Waals surface area contributed by atoms with E-state index in [-0.39, 0.29) is 18.0 Å². The van der Waals surface area contributed by atoms with Crippen LogP contribution in [0.4, 0.5) is 0 Å². The highest BCUT2D eigenvalue weighted by Gasteiger charge is 2.47. The minimum absolute atomic E-state index is 0.00500. The van der Waals surface area contributed by atoms with Crippen LogP contribution in [0, 0.1) is 23.2 Å². The number of benzene rings is 3. The van der Waals surface area contributed by atoms with Crippen LogP contribution in [-0.4, -0.2) is 55.6 Å². The van der Waals surface area contributed by atoms with Crippen LogP contribution in [0.15, 0.2) is 66.7 Å². The third-order valence-corrected chi connectivity index (χ3v) is 10.7. The van der Waals surface area contributed by atoms with Crippen LogP contribution < -0.4 is 10.5 Å². The molecule has 0 spiro atoms. The Morgan fingerprint density at radius 3 is 2.51 bits per heavy atom. The third kappa shape index (κ3) is 4.43. The van der Waals surface area contributed by atoms with Crippen LogP contribution >= 0.6 is 0 Å². The molecule has 3 aromatic heterocycles. The van der Waals surface area contributed by atoms with Crippen molar-refractivity contribution >= 4 is 38.7 Å². The van der Waals surface area contributed by atoms with E-state index in [9.17, 15) is 10.1 Å². The van der Waals surface area contributed by atoms with Crippen LogP contribution in [0.1, 0.15) is 41.7 Å². The number of hydrogen-bond donors (Lipinski definition) is 1. The number of imidazole rings is 1. The van der Waals surface area contributed by atoms with Crippen molar-refractivity contribution in [2.75, 3.05) is 13.7 Å². The number of nitriles is 1. The molecule has 47 heavy (non-hydrogen) atoms. The number of hydrogen-bond acceptors (Lipinski definition) is 6. The summed E-state index contributed by atoms with van der Waals surface area (Å²) in [5.41, 5.74) is 14.3. The van der Waals surface area contributed by atoms with Gasteiger partial charge in [-0.05, 0) is 97.2 Å². The summed E-state index contributed by atoms with van der Waals surface area (Å²) in [5.74, 6) is 2.52. The molecule has 6 aromatic rings. The number of piperidine rings is 1. The van der Waals surface area contributed by atoms with Gasteiger partial charge in [0.1, 0.15) is 23.0 Å². The summed E-state index contributed by atoms with van der Waals surface area (Å²) in [5, 5.41) is 11.4. The van der Waals surface area contributed by atoms with Gasteiger partial charge in [-0.15, -0.1) is 0 Å². The second-order valence-electron chi connectivity index (χ2n) is 13.6. The molecular weight excluding hydrogens is 586 g/mol. The van der Waals surface area contributed by atoms with E-state index < -0.39 is 0 Å². The standard InChI is InChI=1S/C38H35N7O2/c1-43-36-30(14-27(17-34(36)47-2)38(46)45-20-26-9-12-31(45)35(26)40)42-37(43)33-16-25-6-5-23(15-32(25)44(33)19-21-3-4-21)22-8-11-29-24(13-22)7-10-28(18-39)41-29/h5-8,10-11,13-17,21,26,31,35H,3-4,9,12,19-20,40H2,1-2H3/t26-,31-,35-/m1/s1. The van der Waals surface area contributed by atoms with Crippen LogP contribution in [0.25, 0.3) is 55.5 Å². The summed E-state index contributed by atoms with van der Waals surface area (Å²) < 4.78 is 10.4. The number of aromatic nitrogens is 4. The first-order valence-electron chi connectivity index (χ1n) is 16.5. The molecule has 4 heterocycles. The molecule has 3 aromatic carbocycles. The maximum absolute atomic E-state index is 13.8. The largest absolute Gasteiger partial charge is 0.494 e. The fourth-order valence-corrected chi connectivity index (χ4v) is 8.01. The number of pyridine rings is 1. The lowest BCUT2D eigenvalue weighted by atomic mass is 10.0. The first kappa shape index (κ1) is 28.1. The molecule has 2 N–H and O–H groups in total. The molecule has 1 amide bonds. The van der Waals surface area contributed by atoms with Gasteiger partial charge in [0.15, 0.2) is 5.82 Å². The normalized spacial score (nSPS) is 20.5. The number of rotatable bonds is 6. The van der Waals surface area contributed by atoms with E-state index in [0.29, 0.717) is 28.8 Å². The Balaban J connectivity index is 1.14. The van der Waals surface area contributed by atoms with Gasteiger partial charge in [-0.2, -0.15) is 5.26 Å². The van der Waals surface area contributed by atoms with Gasteiger partial charge >= 0.3 is 0 Å². The molecular formula is C38H35N7O2. The predicted octanol–water partition coefficient (Wildman–Crippen LogP) is 6.26. The number of aryl methyl sites for hydroxylation is 1. The Morgan fingerprint density at radius 1 is 0.957 bits per heavy atom. The Hall–Kier alpha value is -5.20. The first-order valence-corrected chi connectivity index (χ1v) is 16.5. The average molecular weight is 622 g/mol. The van der Waals surface area contributed by atoms with Gasteiger partial charge in [-0.3, -0.25) is 4.79 Å². The summed E-state index contributed by atoms with van der Waals surface area (Å²) in [6, 6.07) is 24.9. The number of likely N-dealkylation sites (tertiary alicyclic amines) is 1. The van der Waals surface area contributed by atoms with Crippen molar-refractivity contribution < 1.29 is 9.53 Å². The van der Waals surface area contributed by atoms with Crippen molar-refractivity contribution in [2.45, 2.75) is 44.3 Å². The zero-order chi connectivity index (χ0) is 32.0. The Labute approximate surface area is 272 Å². The minimum atomic E-state index is 0.00500. The first-order chi connectivity index (χ1) is 22.9. The Kier molecular flexibility index (Phi) is 6.21. The number of amides is 1. The van der Waals surface area contributed by atoms with Gasteiger partial charge in [-0.25, -0.2) is 9.97 Å². The molecule has 3 atom stereocenters. The van der Waals surface area contributed by atoms with Crippen molar-refractivity contribution in [1.29, 1.82) is 5.26 Å². The van der Waals surface area contributed by atoms with E-state index in [4.69, 9.17) is 15.5 Å². The van der Waals surface area contributed by atoms with Crippen LogP contribution in [0.3, 0.4) is 0 Å². The second kappa shape index (κ2) is 10.4. The SMILES string of the molecule is COc1cc(C(=O)N2C[C@H]3CC[C@@H]2[C@@H]3N)cc2nc(-c3cc4ccc(-c5ccc6nc(C#N)ccc6c5)cc4n3CC3CC3)n(C)c12. The number of nitrogens with two attached hydrogens (primary N) is 1. The molecule has 0 unspecified atom stereocenters. The minimum Gasteiger partial charge on any atom is -0.494 e. The van der Waals surface area contributed by atoms with E-state index in [2.05, 4.69) is 56.6 Å². The van der Waals surface area contributed by atoms with Crippen molar-refractivity contribution in [2.24, 2.45) is 24.6 Å². The van der Waals surface area contributed by atoms with Gasteiger partial charge in [0.2, 0.25) is 0 Å². The fraction of sp³-hybridized carbons (Fsp3) is 0.316.